The highest BCUT2D eigenvalue weighted by atomic mass is 32.2. The van der Waals surface area contributed by atoms with Crippen LogP contribution in [0, 0.1) is 6.92 Å². The Kier molecular flexibility index (Phi) is 8.77. The molecule has 3 aromatic rings. The van der Waals surface area contributed by atoms with Gasteiger partial charge in [-0.1, -0.05) is 90.1 Å². The van der Waals surface area contributed by atoms with Crippen LogP contribution >= 0.6 is 11.8 Å². The van der Waals surface area contributed by atoms with Crippen LogP contribution in [-0.4, -0.2) is 36.3 Å². The van der Waals surface area contributed by atoms with E-state index in [1.807, 2.05) is 72.8 Å². The van der Waals surface area contributed by atoms with E-state index in [1.165, 1.54) is 24.2 Å². The van der Waals surface area contributed by atoms with Gasteiger partial charge in [0.2, 0.25) is 0 Å². The van der Waals surface area contributed by atoms with Gasteiger partial charge in [0.15, 0.2) is 6.10 Å². The summed E-state index contributed by atoms with van der Waals surface area (Å²) in [7, 11) is 0. The minimum atomic E-state index is -0.558. The first-order chi connectivity index (χ1) is 16.6. The molecule has 178 valence electrons. The monoisotopic (exact) mass is 478 g/mol. The third kappa shape index (κ3) is 6.93. The van der Waals surface area contributed by atoms with Crippen molar-refractivity contribution in [3.63, 3.8) is 0 Å². The summed E-state index contributed by atoms with van der Waals surface area (Å²) in [5.41, 5.74) is 2.91. The van der Waals surface area contributed by atoms with E-state index in [9.17, 15) is 4.79 Å². The first-order valence-electron chi connectivity index (χ1n) is 11.4. The zero-order valence-corrected chi connectivity index (χ0v) is 20.3. The largest absolute Gasteiger partial charge is 0.456 e. The molecule has 0 unspecified atom stereocenters. The van der Waals surface area contributed by atoms with Crippen molar-refractivity contribution in [3.05, 3.63) is 102 Å². The van der Waals surface area contributed by atoms with E-state index in [-0.39, 0.29) is 12.1 Å². The predicted molar refractivity (Wildman–Crippen MR) is 132 cm³/mol. The fourth-order valence-corrected chi connectivity index (χ4v) is 4.93. The third-order valence-corrected chi connectivity index (χ3v) is 6.68. The molecule has 0 aliphatic carbocycles. The number of esters is 1. The van der Waals surface area contributed by atoms with E-state index < -0.39 is 17.6 Å². The van der Waals surface area contributed by atoms with Crippen LogP contribution in [0.1, 0.15) is 23.6 Å². The van der Waals surface area contributed by atoms with Crippen LogP contribution in [0.3, 0.4) is 0 Å². The molecule has 0 bridgehead atoms. The van der Waals surface area contributed by atoms with Crippen LogP contribution in [-0.2, 0) is 37.0 Å². The van der Waals surface area contributed by atoms with Crippen molar-refractivity contribution in [1.29, 1.82) is 0 Å². The van der Waals surface area contributed by atoms with Gasteiger partial charge in [-0.15, -0.1) is 0 Å². The maximum atomic E-state index is 12.0. The minimum absolute atomic E-state index is 0.330. The van der Waals surface area contributed by atoms with Crippen molar-refractivity contribution in [2.24, 2.45) is 0 Å². The number of carbonyl (C=O) groups is 1. The molecule has 0 aromatic heterocycles. The van der Waals surface area contributed by atoms with Crippen LogP contribution in [0.25, 0.3) is 0 Å². The van der Waals surface area contributed by atoms with Gasteiger partial charge in [0.25, 0.3) is 0 Å². The molecule has 34 heavy (non-hydrogen) atoms. The Labute approximate surface area is 205 Å². The van der Waals surface area contributed by atoms with Gasteiger partial charge in [-0.3, -0.25) is 4.79 Å². The molecule has 0 saturated carbocycles. The summed E-state index contributed by atoms with van der Waals surface area (Å²) >= 11 is 1.53. The van der Waals surface area contributed by atoms with Crippen LogP contribution in [0.2, 0.25) is 0 Å². The number of rotatable bonds is 10. The van der Waals surface area contributed by atoms with E-state index in [0.717, 1.165) is 16.0 Å². The van der Waals surface area contributed by atoms with Crippen LogP contribution < -0.4 is 0 Å². The molecule has 1 saturated heterocycles. The number of ether oxygens (including phenoxy) is 4. The molecule has 1 fully saturated rings. The van der Waals surface area contributed by atoms with E-state index in [1.54, 1.807) is 0 Å². The standard InChI is InChI=1S/C28H30O5S/c1-20-13-15-24(16-14-20)34-28-27(32-21(2)29)26(31-18-23-11-7-4-8-12-23)25(33-28)19-30-17-22-9-5-3-6-10-22/h3-16,25-28H,17-19H2,1-2H3/t25-,26-,27+,28-/m1/s1. The molecular formula is C28H30O5S. The van der Waals surface area contributed by atoms with Crippen molar-refractivity contribution in [3.8, 4) is 0 Å². The molecular weight excluding hydrogens is 448 g/mol. The second-order valence-electron chi connectivity index (χ2n) is 8.31. The first-order valence-corrected chi connectivity index (χ1v) is 12.3. The van der Waals surface area contributed by atoms with E-state index in [4.69, 9.17) is 18.9 Å². The summed E-state index contributed by atoms with van der Waals surface area (Å²) in [6, 6.07) is 28.2. The van der Waals surface area contributed by atoms with Crippen molar-refractivity contribution in [2.75, 3.05) is 6.61 Å². The smallest absolute Gasteiger partial charge is 0.303 e. The quantitative estimate of drug-likeness (QED) is 0.356. The van der Waals surface area contributed by atoms with Gasteiger partial charge >= 0.3 is 5.97 Å². The average molecular weight is 479 g/mol. The number of hydrogen-bond acceptors (Lipinski definition) is 6. The zero-order chi connectivity index (χ0) is 23.8. The molecule has 4 rings (SSSR count). The highest BCUT2D eigenvalue weighted by Crippen LogP contribution is 2.38. The second-order valence-corrected chi connectivity index (χ2v) is 9.48. The fraction of sp³-hybridized carbons (Fsp3) is 0.321. The Bertz CT molecular complexity index is 1030. The molecule has 6 heteroatoms. The van der Waals surface area contributed by atoms with Gasteiger partial charge in [0.05, 0.1) is 19.8 Å². The normalized spacial score (nSPS) is 21.9. The highest BCUT2D eigenvalue weighted by molar-refractivity contribution is 7.99. The summed E-state index contributed by atoms with van der Waals surface area (Å²) in [5.74, 6) is -0.359. The minimum Gasteiger partial charge on any atom is -0.456 e. The van der Waals surface area contributed by atoms with E-state index in [0.29, 0.717) is 19.8 Å². The van der Waals surface area contributed by atoms with Crippen molar-refractivity contribution in [2.45, 2.75) is 55.7 Å². The SMILES string of the molecule is CC(=O)O[C@H]1[C@H](OCc2ccccc2)[C@@H](COCc2ccccc2)O[C@@H]1Sc1ccc(C)cc1. The van der Waals surface area contributed by atoms with E-state index in [2.05, 4.69) is 19.1 Å². The summed E-state index contributed by atoms with van der Waals surface area (Å²) in [5, 5.41) is 0. The van der Waals surface area contributed by atoms with Crippen molar-refractivity contribution >= 4 is 17.7 Å². The van der Waals surface area contributed by atoms with Gasteiger partial charge in [-0.05, 0) is 30.2 Å². The topological polar surface area (TPSA) is 54.0 Å². The van der Waals surface area contributed by atoms with Gasteiger partial charge in [-0.2, -0.15) is 0 Å². The molecule has 0 amide bonds. The lowest BCUT2D eigenvalue weighted by atomic mass is 10.1. The van der Waals surface area contributed by atoms with Crippen molar-refractivity contribution in [1.82, 2.24) is 0 Å². The summed E-state index contributed by atoms with van der Waals surface area (Å²) < 4.78 is 24.4. The molecule has 0 spiro atoms. The Morgan fingerprint density at radius 1 is 0.853 bits per heavy atom. The maximum Gasteiger partial charge on any atom is 0.303 e. The lowest BCUT2D eigenvalue weighted by Gasteiger charge is -2.24. The zero-order valence-electron chi connectivity index (χ0n) is 19.5. The summed E-state index contributed by atoms with van der Waals surface area (Å²) in [6.45, 7) is 4.66. The van der Waals surface area contributed by atoms with Gasteiger partial charge in [0.1, 0.15) is 17.6 Å². The Morgan fingerprint density at radius 2 is 1.47 bits per heavy atom. The summed E-state index contributed by atoms with van der Waals surface area (Å²) in [6.07, 6.45) is -1.39. The number of carbonyl (C=O) groups excluding carboxylic acids is 1. The van der Waals surface area contributed by atoms with Gasteiger partial charge < -0.3 is 18.9 Å². The average Bonchev–Trinajstić information content (AvgIpc) is 3.15. The second kappa shape index (κ2) is 12.2. The van der Waals surface area contributed by atoms with Crippen LogP contribution in [0.4, 0.5) is 0 Å². The van der Waals surface area contributed by atoms with E-state index >= 15 is 0 Å². The fourth-order valence-electron chi connectivity index (χ4n) is 3.82. The highest BCUT2D eigenvalue weighted by Gasteiger charge is 2.48. The Balaban J connectivity index is 1.49. The molecule has 0 N–H and O–H groups in total. The van der Waals surface area contributed by atoms with Crippen LogP contribution in [0.15, 0.2) is 89.8 Å². The van der Waals surface area contributed by atoms with Crippen LogP contribution in [0.5, 0.6) is 0 Å². The summed E-state index contributed by atoms with van der Waals surface area (Å²) in [4.78, 5) is 13.0. The first kappa shape index (κ1) is 24.5. The predicted octanol–water partition coefficient (Wildman–Crippen LogP) is 5.55. The number of thioether (sulfide) groups is 1. The van der Waals surface area contributed by atoms with Crippen molar-refractivity contribution < 1.29 is 23.7 Å². The Morgan fingerprint density at radius 3 is 2.09 bits per heavy atom. The number of aryl methyl sites for hydroxylation is 1. The molecule has 1 aliphatic heterocycles. The lowest BCUT2D eigenvalue weighted by molar-refractivity contribution is -0.153. The molecule has 3 aromatic carbocycles. The molecule has 5 nitrogen and oxygen atoms in total. The molecule has 4 atom stereocenters. The maximum absolute atomic E-state index is 12.0. The molecule has 1 heterocycles. The molecule has 1 aliphatic rings. The Hall–Kier alpha value is -2.64. The number of benzene rings is 3. The third-order valence-electron chi connectivity index (χ3n) is 5.52. The lowest BCUT2D eigenvalue weighted by Crippen LogP contribution is -2.39. The molecule has 0 radical (unpaired) electrons. The van der Waals surface area contributed by atoms with Gasteiger partial charge in [0, 0.05) is 11.8 Å². The number of hydrogen-bond donors (Lipinski definition) is 0. The van der Waals surface area contributed by atoms with Gasteiger partial charge in [-0.25, -0.2) is 0 Å².